The molecule has 2 aromatic carbocycles. The summed E-state index contributed by atoms with van der Waals surface area (Å²) in [5.74, 6) is -0.758. The summed E-state index contributed by atoms with van der Waals surface area (Å²) in [6.45, 7) is 0. The first-order valence-corrected chi connectivity index (χ1v) is 10.6. The highest BCUT2D eigenvalue weighted by Crippen LogP contribution is 2.36. The molecule has 1 aliphatic heterocycles. The topological polar surface area (TPSA) is 118 Å². The number of ether oxygens (including phenoxy) is 2. The highest BCUT2D eigenvalue weighted by Gasteiger charge is 2.30. The molecule has 2 N–H and O–H groups in total. The second kappa shape index (κ2) is 10.5. The highest BCUT2D eigenvalue weighted by atomic mass is 32.2. The van der Waals surface area contributed by atoms with Crippen molar-refractivity contribution in [2.75, 3.05) is 25.3 Å². The van der Waals surface area contributed by atoms with Crippen molar-refractivity contribution in [2.45, 2.75) is 12.3 Å². The number of nitrogens with zero attached hydrogens (tertiary/aromatic N) is 1. The van der Waals surface area contributed by atoms with Crippen LogP contribution < -0.4 is 15.4 Å². The van der Waals surface area contributed by atoms with Crippen LogP contribution in [-0.4, -0.2) is 37.8 Å². The second-order valence-electron chi connectivity index (χ2n) is 6.84. The van der Waals surface area contributed by atoms with Gasteiger partial charge in [-0.2, -0.15) is 5.26 Å². The molecule has 2 aromatic rings. The largest absolute Gasteiger partial charge is 0.497 e. The Kier molecular flexibility index (Phi) is 7.52. The number of nitrogens with one attached hydrogen (secondary N) is 2. The molecule has 164 valence electrons. The van der Waals surface area contributed by atoms with Crippen molar-refractivity contribution >= 4 is 35.2 Å². The molecule has 1 atom stereocenters. The van der Waals surface area contributed by atoms with Gasteiger partial charge in [-0.25, -0.2) is 4.79 Å². The average Bonchev–Trinajstić information content (AvgIpc) is 2.82. The van der Waals surface area contributed by atoms with Gasteiger partial charge < -0.3 is 20.1 Å². The van der Waals surface area contributed by atoms with Gasteiger partial charge in [0.15, 0.2) is 0 Å². The van der Waals surface area contributed by atoms with Crippen LogP contribution in [0.25, 0.3) is 0 Å². The molecule has 0 bridgehead atoms. The third-order valence-electron chi connectivity index (χ3n) is 4.81. The van der Waals surface area contributed by atoms with Gasteiger partial charge in [0.2, 0.25) is 11.8 Å². The summed E-state index contributed by atoms with van der Waals surface area (Å²) in [5, 5.41) is 15.6. The van der Waals surface area contributed by atoms with Gasteiger partial charge in [0.25, 0.3) is 0 Å². The Labute approximate surface area is 189 Å². The molecule has 0 fully saturated rings. The van der Waals surface area contributed by atoms with Crippen molar-refractivity contribution in [3.63, 3.8) is 0 Å². The Morgan fingerprint density at radius 3 is 2.44 bits per heavy atom. The number of hydrogen-bond donors (Lipinski definition) is 2. The molecule has 0 aromatic heterocycles. The monoisotopic (exact) mass is 451 g/mol. The summed E-state index contributed by atoms with van der Waals surface area (Å²) in [5.41, 5.74) is 2.09. The molecule has 8 nitrogen and oxygen atoms in total. The van der Waals surface area contributed by atoms with E-state index in [9.17, 15) is 19.6 Å². The molecule has 0 saturated carbocycles. The minimum atomic E-state index is -0.465. The highest BCUT2D eigenvalue weighted by molar-refractivity contribution is 8.03. The van der Waals surface area contributed by atoms with Crippen LogP contribution in [-0.2, 0) is 14.3 Å². The third-order valence-corrected chi connectivity index (χ3v) is 5.83. The summed E-state index contributed by atoms with van der Waals surface area (Å²) in [6, 6.07) is 15.7. The van der Waals surface area contributed by atoms with Crippen LogP contribution in [0.2, 0.25) is 0 Å². The van der Waals surface area contributed by atoms with E-state index < -0.39 is 11.9 Å². The predicted octanol–water partition coefficient (Wildman–Crippen LogP) is 3.19. The van der Waals surface area contributed by atoms with Crippen molar-refractivity contribution < 1.29 is 23.9 Å². The number of esters is 1. The van der Waals surface area contributed by atoms with Gasteiger partial charge in [-0.3, -0.25) is 9.59 Å². The minimum absolute atomic E-state index is 0.0147. The van der Waals surface area contributed by atoms with E-state index in [2.05, 4.69) is 16.7 Å². The maximum absolute atomic E-state index is 12.3. The van der Waals surface area contributed by atoms with Gasteiger partial charge in [0.1, 0.15) is 5.75 Å². The number of carbonyl (C=O) groups is 3. The Balaban J connectivity index is 1.73. The van der Waals surface area contributed by atoms with E-state index in [4.69, 9.17) is 9.47 Å². The minimum Gasteiger partial charge on any atom is -0.497 e. The smallest absolute Gasteiger partial charge is 0.337 e. The standard InChI is InChI=1S/C23H21N3O5S/c1-30-17-9-7-16(8-10-17)25-21(28)13-32-22-19(12-24)18(11-20(27)26-22)14-3-5-15(6-4-14)23(29)31-2/h3-10,18H,11,13H2,1-2H3,(H,25,28)(H,26,27)/t18-/m1/s1. The van der Waals surface area contributed by atoms with Gasteiger partial charge in [-0.05, 0) is 42.0 Å². The van der Waals surface area contributed by atoms with E-state index in [0.29, 0.717) is 27.6 Å². The van der Waals surface area contributed by atoms with Gasteiger partial charge in [0.05, 0.1) is 42.2 Å². The van der Waals surface area contributed by atoms with Crippen LogP contribution >= 0.6 is 11.8 Å². The van der Waals surface area contributed by atoms with Crippen molar-refractivity contribution in [3.05, 3.63) is 70.3 Å². The van der Waals surface area contributed by atoms with Crippen molar-refractivity contribution in [3.8, 4) is 11.8 Å². The average molecular weight is 452 g/mol. The fourth-order valence-corrected chi connectivity index (χ4v) is 4.07. The van der Waals surface area contributed by atoms with E-state index in [1.54, 1.807) is 55.6 Å². The number of methoxy groups -OCH3 is 2. The molecule has 9 heteroatoms. The number of allylic oxidation sites excluding steroid dienone is 1. The molecule has 1 aliphatic rings. The van der Waals surface area contributed by atoms with Crippen LogP contribution in [0.3, 0.4) is 0 Å². The fraction of sp³-hybridized carbons (Fsp3) is 0.217. The van der Waals surface area contributed by atoms with Crippen LogP contribution in [0.15, 0.2) is 59.1 Å². The number of thioether (sulfide) groups is 1. The number of nitriles is 1. The zero-order valence-corrected chi connectivity index (χ0v) is 18.3. The molecule has 3 rings (SSSR count). The molecular weight excluding hydrogens is 430 g/mol. The van der Waals surface area contributed by atoms with Crippen molar-refractivity contribution in [1.29, 1.82) is 5.26 Å². The first-order chi connectivity index (χ1) is 15.4. The first kappa shape index (κ1) is 22.9. The van der Waals surface area contributed by atoms with Gasteiger partial charge in [-0.1, -0.05) is 23.9 Å². The van der Waals surface area contributed by atoms with E-state index in [0.717, 1.165) is 17.3 Å². The van der Waals surface area contributed by atoms with E-state index in [-0.39, 0.29) is 24.0 Å². The zero-order valence-electron chi connectivity index (χ0n) is 17.5. The number of hydrogen-bond acceptors (Lipinski definition) is 7. The molecule has 0 unspecified atom stereocenters. The van der Waals surface area contributed by atoms with E-state index in [1.807, 2.05) is 0 Å². The lowest BCUT2D eigenvalue weighted by Gasteiger charge is -2.25. The van der Waals surface area contributed by atoms with E-state index >= 15 is 0 Å². The van der Waals surface area contributed by atoms with E-state index in [1.165, 1.54) is 7.11 Å². The van der Waals surface area contributed by atoms with Gasteiger partial charge >= 0.3 is 5.97 Å². The summed E-state index contributed by atoms with van der Waals surface area (Å²) in [7, 11) is 2.86. The lowest BCUT2D eigenvalue weighted by molar-refractivity contribution is -0.121. The van der Waals surface area contributed by atoms with Gasteiger partial charge in [-0.15, -0.1) is 0 Å². The number of amides is 2. The predicted molar refractivity (Wildman–Crippen MR) is 120 cm³/mol. The number of carbonyl (C=O) groups excluding carboxylic acids is 3. The molecule has 0 saturated heterocycles. The summed E-state index contributed by atoms with van der Waals surface area (Å²) in [6.07, 6.45) is 0.0998. The number of anilines is 1. The summed E-state index contributed by atoms with van der Waals surface area (Å²) < 4.78 is 9.78. The SMILES string of the molecule is COC(=O)c1ccc([C@H]2CC(=O)NC(SCC(=O)Nc3ccc(OC)cc3)=C2C#N)cc1. The van der Waals surface area contributed by atoms with Gasteiger partial charge in [0, 0.05) is 18.0 Å². The van der Waals surface area contributed by atoms with Crippen LogP contribution in [0.1, 0.15) is 28.3 Å². The summed E-state index contributed by atoms with van der Waals surface area (Å²) in [4.78, 5) is 36.3. The normalized spacial score (nSPS) is 15.4. The Morgan fingerprint density at radius 2 is 1.84 bits per heavy atom. The van der Waals surface area contributed by atoms with Crippen molar-refractivity contribution in [2.24, 2.45) is 0 Å². The molecule has 32 heavy (non-hydrogen) atoms. The molecule has 1 heterocycles. The lowest BCUT2D eigenvalue weighted by Crippen LogP contribution is -2.31. The zero-order chi connectivity index (χ0) is 23.1. The molecule has 0 radical (unpaired) electrons. The lowest BCUT2D eigenvalue weighted by atomic mass is 9.87. The second-order valence-corrected chi connectivity index (χ2v) is 7.82. The maximum atomic E-state index is 12.3. The quantitative estimate of drug-likeness (QED) is 0.621. The number of rotatable bonds is 7. The third kappa shape index (κ3) is 5.47. The molecule has 0 spiro atoms. The Bertz CT molecular complexity index is 1090. The molecule has 0 aliphatic carbocycles. The number of benzene rings is 2. The first-order valence-electron chi connectivity index (χ1n) is 9.64. The van der Waals surface area contributed by atoms with Crippen LogP contribution in [0, 0.1) is 11.3 Å². The maximum Gasteiger partial charge on any atom is 0.337 e. The van der Waals surface area contributed by atoms with Crippen molar-refractivity contribution in [1.82, 2.24) is 5.32 Å². The van der Waals surface area contributed by atoms with Crippen LogP contribution in [0.4, 0.5) is 5.69 Å². The Morgan fingerprint density at radius 1 is 1.16 bits per heavy atom. The summed E-state index contributed by atoms with van der Waals surface area (Å²) >= 11 is 1.09. The molecular formula is C23H21N3O5S. The fourth-order valence-electron chi connectivity index (χ4n) is 3.20. The molecule has 2 amide bonds. The Hall–Kier alpha value is -3.77. The van der Waals surface area contributed by atoms with Crippen LogP contribution in [0.5, 0.6) is 5.75 Å².